The molecule has 0 unspecified atom stereocenters. The molecule has 0 aliphatic carbocycles. The van der Waals surface area contributed by atoms with Crippen LogP contribution in [0.25, 0.3) is 11.1 Å². The van der Waals surface area contributed by atoms with Crippen LogP contribution in [0.15, 0.2) is 67.0 Å². The number of rotatable bonds is 16. The van der Waals surface area contributed by atoms with E-state index in [0.717, 1.165) is 28.7 Å². The lowest BCUT2D eigenvalue weighted by molar-refractivity contribution is 0.0653. The van der Waals surface area contributed by atoms with Crippen LogP contribution in [0.1, 0.15) is 34.2 Å². The third kappa shape index (κ3) is 9.33. The molecule has 0 aliphatic heterocycles. The Morgan fingerprint density at radius 1 is 0.913 bits per heavy atom. The second kappa shape index (κ2) is 17.2. The Morgan fingerprint density at radius 3 is 2.43 bits per heavy atom. The first kappa shape index (κ1) is 35.0. The maximum Gasteiger partial charge on any atom is 0.142 e. The first-order chi connectivity index (χ1) is 22.2. The number of nitrogens with zero attached hydrogens (tertiary/aromatic N) is 3. The van der Waals surface area contributed by atoms with Crippen LogP contribution in [0.3, 0.4) is 0 Å². The van der Waals surface area contributed by atoms with Gasteiger partial charge in [0.2, 0.25) is 0 Å². The number of pyridine rings is 1. The van der Waals surface area contributed by atoms with Crippen molar-refractivity contribution in [2.45, 2.75) is 39.3 Å². The van der Waals surface area contributed by atoms with Gasteiger partial charge < -0.3 is 34.4 Å². The highest BCUT2D eigenvalue weighted by Gasteiger charge is 2.16. The lowest BCUT2D eigenvalue weighted by Crippen LogP contribution is -2.32. The van der Waals surface area contributed by atoms with E-state index >= 15 is 0 Å². The maximum atomic E-state index is 9.89. The molecule has 3 N–H and O–H groups in total. The van der Waals surface area contributed by atoms with Crippen LogP contribution in [0.4, 0.5) is 0 Å². The molecule has 1 heterocycles. The van der Waals surface area contributed by atoms with Crippen LogP contribution in [-0.4, -0.2) is 64.7 Å². The molecule has 1 atom stereocenters. The Bertz CT molecular complexity index is 1660. The molecule has 0 aliphatic rings. The topological polar surface area (TPSA) is 128 Å². The van der Waals surface area contributed by atoms with Crippen molar-refractivity contribution in [3.8, 4) is 34.4 Å². The fourth-order valence-corrected chi connectivity index (χ4v) is 5.40. The van der Waals surface area contributed by atoms with Crippen molar-refractivity contribution in [1.82, 2.24) is 9.88 Å². The number of aliphatic hydroxyl groups is 3. The predicted octanol–water partition coefficient (Wildman–Crippen LogP) is 5.94. The minimum absolute atomic E-state index is 0.146. The second-order valence-corrected chi connectivity index (χ2v) is 11.6. The van der Waals surface area contributed by atoms with Crippen LogP contribution < -0.4 is 14.2 Å². The summed E-state index contributed by atoms with van der Waals surface area (Å²) in [5.41, 5.74) is 5.32. The maximum absolute atomic E-state index is 9.89. The summed E-state index contributed by atoms with van der Waals surface area (Å²) in [4.78, 5) is 6.00. The van der Waals surface area contributed by atoms with Gasteiger partial charge in [-0.1, -0.05) is 53.5 Å². The highest BCUT2D eigenvalue weighted by molar-refractivity contribution is 6.35. The summed E-state index contributed by atoms with van der Waals surface area (Å²) >= 11 is 13.3. The SMILES string of the molecule is Cc1c(COc2cc(OCc3cncc(C#N)c3)c(CO)cc2Cl)cccc1-c1cccc(OCCCN(C)C[C@H](O)CO)c1Cl. The number of ether oxygens (including phenoxy) is 3. The minimum atomic E-state index is -0.764. The van der Waals surface area contributed by atoms with Crippen molar-refractivity contribution in [2.24, 2.45) is 0 Å². The van der Waals surface area contributed by atoms with E-state index in [-0.39, 0.29) is 26.4 Å². The zero-order valence-corrected chi connectivity index (χ0v) is 27.3. The van der Waals surface area contributed by atoms with Gasteiger partial charge >= 0.3 is 0 Å². The largest absolute Gasteiger partial charge is 0.492 e. The third-order valence-corrected chi connectivity index (χ3v) is 8.05. The fourth-order valence-electron chi connectivity index (χ4n) is 4.88. The van der Waals surface area contributed by atoms with Gasteiger partial charge in [0.1, 0.15) is 36.5 Å². The molecule has 4 aromatic rings. The highest BCUT2D eigenvalue weighted by atomic mass is 35.5. The minimum Gasteiger partial charge on any atom is -0.492 e. The molecule has 0 bridgehead atoms. The Hall–Kier alpha value is -3.88. The Balaban J connectivity index is 1.44. The predicted molar refractivity (Wildman–Crippen MR) is 177 cm³/mol. The van der Waals surface area contributed by atoms with Crippen molar-refractivity contribution in [1.29, 1.82) is 5.26 Å². The van der Waals surface area contributed by atoms with Gasteiger partial charge in [0.15, 0.2) is 0 Å². The molecule has 46 heavy (non-hydrogen) atoms. The lowest BCUT2D eigenvalue weighted by Gasteiger charge is -2.19. The molecule has 242 valence electrons. The van der Waals surface area contributed by atoms with Crippen LogP contribution >= 0.6 is 23.2 Å². The molecule has 1 aromatic heterocycles. The smallest absolute Gasteiger partial charge is 0.142 e. The zero-order chi connectivity index (χ0) is 33.1. The fraction of sp³-hybridized carbons (Fsp3) is 0.314. The highest BCUT2D eigenvalue weighted by Crippen LogP contribution is 2.38. The number of aromatic nitrogens is 1. The number of halogens is 2. The quantitative estimate of drug-likeness (QED) is 0.125. The van der Waals surface area contributed by atoms with E-state index in [4.69, 9.17) is 47.8 Å². The summed E-state index contributed by atoms with van der Waals surface area (Å²) in [5, 5.41) is 38.5. The first-order valence-electron chi connectivity index (χ1n) is 14.7. The summed E-state index contributed by atoms with van der Waals surface area (Å²) in [6.45, 7) is 3.36. The van der Waals surface area contributed by atoms with Gasteiger partial charge in [0.05, 0.1) is 41.5 Å². The molecular formula is C35H37Cl2N3O6. The lowest BCUT2D eigenvalue weighted by atomic mass is 9.96. The molecule has 9 nitrogen and oxygen atoms in total. The normalized spacial score (nSPS) is 11.7. The van der Waals surface area contributed by atoms with Crippen LogP contribution in [0.2, 0.25) is 10.0 Å². The molecule has 3 aromatic carbocycles. The van der Waals surface area contributed by atoms with E-state index in [1.54, 1.807) is 24.4 Å². The Labute approximate surface area is 279 Å². The number of benzene rings is 3. The van der Waals surface area contributed by atoms with Gasteiger partial charge in [-0.3, -0.25) is 4.98 Å². The molecule has 11 heteroatoms. The number of aliphatic hydroxyl groups excluding tert-OH is 3. The number of likely N-dealkylation sites (N-methyl/N-ethyl adjacent to an activating group) is 1. The molecule has 0 fully saturated rings. The van der Waals surface area contributed by atoms with Crippen LogP contribution in [-0.2, 0) is 19.8 Å². The van der Waals surface area contributed by atoms with Crippen LogP contribution in [0, 0.1) is 18.3 Å². The Morgan fingerprint density at radius 2 is 1.67 bits per heavy atom. The van der Waals surface area contributed by atoms with Crippen molar-refractivity contribution in [3.63, 3.8) is 0 Å². The summed E-state index contributed by atoms with van der Waals surface area (Å²) < 4.78 is 18.1. The molecule has 0 spiro atoms. The second-order valence-electron chi connectivity index (χ2n) is 10.8. The molecular weight excluding hydrogens is 629 g/mol. The van der Waals surface area contributed by atoms with Gasteiger partial charge in [0, 0.05) is 48.2 Å². The summed E-state index contributed by atoms with van der Waals surface area (Å²) in [6, 6.07) is 18.6. The number of nitriles is 1. The third-order valence-electron chi connectivity index (χ3n) is 7.36. The zero-order valence-electron chi connectivity index (χ0n) is 25.7. The van der Waals surface area contributed by atoms with Gasteiger partial charge in [-0.25, -0.2) is 0 Å². The summed E-state index contributed by atoms with van der Waals surface area (Å²) in [7, 11) is 1.88. The van der Waals surface area contributed by atoms with Crippen LogP contribution in [0.5, 0.6) is 17.2 Å². The average Bonchev–Trinajstić information content (AvgIpc) is 3.06. The average molecular weight is 667 g/mol. The molecule has 0 radical (unpaired) electrons. The van der Waals surface area contributed by atoms with Crippen molar-refractivity contribution in [3.05, 3.63) is 105 Å². The number of hydrogen-bond acceptors (Lipinski definition) is 9. The van der Waals surface area contributed by atoms with E-state index in [1.807, 2.05) is 55.3 Å². The van der Waals surface area contributed by atoms with E-state index in [2.05, 4.69) is 11.1 Å². The van der Waals surface area contributed by atoms with E-state index in [0.29, 0.717) is 63.7 Å². The van der Waals surface area contributed by atoms with Gasteiger partial charge in [0.25, 0.3) is 0 Å². The summed E-state index contributed by atoms with van der Waals surface area (Å²) in [6.07, 6.45) is 3.05. The molecule has 0 saturated heterocycles. The summed E-state index contributed by atoms with van der Waals surface area (Å²) in [5.74, 6) is 1.39. The van der Waals surface area contributed by atoms with E-state index < -0.39 is 6.10 Å². The van der Waals surface area contributed by atoms with Crippen molar-refractivity contribution < 1.29 is 29.5 Å². The molecule has 0 amide bonds. The van der Waals surface area contributed by atoms with Gasteiger partial charge in [-0.05, 0) is 55.3 Å². The Kier molecular flexibility index (Phi) is 13.0. The molecule has 4 rings (SSSR count). The van der Waals surface area contributed by atoms with Gasteiger partial charge in [-0.2, -0.15) is 5.26 Å². The number of hydrogen-bond donors (Lipinski definition) is 3. The van der Waals surface area contributed by atoms with Crippen molar-refractivity contribution >= 4 is 23.2 Å². The molecule has 0 saturated carbocycles. The van der Waals surface area contributed by atoms with Gasteiger partial charge in [-0.15, -0.1) is 0 Å². The van der Waals surface area contributed by atoms with E-state index in [1.165, 1.54) is 6.20 Å². The van der Waals surface area contributed by atoms with Crippen molar-refractivity contribution in [2.75, 3.05) is 33.4 Å². The first-order valence-corrected chi connectivity index (χ1v) is 15.5. The van der Waals surface area contributed by atoms with E-state index in [9.17, 15) is 10.2 Å². The standard InChI is InChI=1S/C35H37Cl2N3O6/c1-23-26(22-46-34-14-33(27(19-41)13-31(34)36)45-21-25-12-24(15-38)16-39-17-25)6-3-7-29(23)30-8-4-9-32(35(30)37)44-11-5-10-40(2)18-28(43)20-42/h3-4,6-9,12-14,16-17,28,41-43H,5,10-11,18-22H2,1-2H3/t28-/m0/s1. The monoisotopic (exact) mass is 665 g/mol.